The van der Waals surface area contributed by atoms with Gasteiger partial charge in [0.25, 0.3) is 0 Å². The molecule has 0 aliphatic carbocycles. The fourth-order valence-electron chi connectivity index (χ4n) is 3.01. The number of rotatable bonds is 6. The van der Waals surface area contributed by atoms with Crippen LogP contribution in [0.5, 0.6) is 0 Å². The summed E-state index contributed by atoms with van der Waals surface area (Å²) in [5, 5.41) is 15.1. The predicted molar refractivity (Wildman–Crippen MR) is 106 cm³/mol. The lowest BCUT2D eigenvalue weighted by Gasteiger charge is -2.19. The Balaban J connectivity index is 1.59. The van der Waals surface area contributed by atoms with Gasteiger partial charge in [-0.05, 0) is 51.0 Å². The van der Waals surface area contributed by atoms with Crippen LogP contribution < -0.4 is 10.6 Å². The van der Waals surface area contributed by atoms with Crippen molar-refractivity contribution in [3.05, 3.63) is 65.3 Å². The van der Waals surface area contributed by atoms with Gasteiger partial charge in [0.1, 0.15) is 5.76 Å². The van der Waals surface area contributed by atoms with Gasteiger partial charge in [-0.15, -0.1) is 0 Å². The topological polar surface area (TPSA) is 80.3 Å². The molecule has 27 heavy (non-hydrogen) atoms. The highest BCUT2D eigenvalue weighted by Gasteiger charge is 2.11. The minimum atomic E-state index is 0.103. The van der Waals surface area contributed by atoms with Crippen molar-refractivity contribution in [2.75, 3.05) is 13.6 Å². The second kappa shape index (κ2) is 8.53. The molecule has 7 heteroatoms. The van der Waals surface area contributed by atoms with Gasteiger partial charge >= 0.3 is 0 Å². The summed E-state index contributed by atoms with van der Waals surface area (Å²) >= 11 is 0. The molecule has 0 saturated heterocycles. The van der Waals surface area contributed by atoms with E-state index in [9.17, 15) is 0 Å². The first kappa shape index (κ1) is 18.7. The Bertz CT molecular complexity index is 878. The van der Waals surface area contributed by atoms with Crippen molar-refractivity contribution < 1.29 is 4.52 Å². The molecule has 0 amide bonds. The third-order valence-electron chi connectivity index (χ3n) is 4.56. The summed E-state index contributed by atoms with van der Waals surface area (Å²) in [6, 6.07) is 10.3. The van der Waals surface area contributed by atoms with Crippen LogP contribution in [0.3, 0.4) is 0 Å². The second-order valence-electron chi connectivity index (χ2n) is 6.46. The smallest absolute Gasteiger partial charge is 0.191 e. The minimum Gasteiger partial charge on any atom is -0.361 e. The summed E-state index contributed by atoms with van der Waals surface area (Å²) in [7, 11) is 1.78. The van der Waals surface area contributed by atoms with Crippen LogP contribution in [0.15, 0.2) is 52.2 Å². The van der Waals surface area contributed by atoms with Gasteiger partial charge in [-0.1, -0.05) is 17.3 Å². The standard InChI is InChI=1S/C20H26N6O/c1-14(17-7-5-8-18(13-17)26-12-6-10-23-26)24-20(21-4)22-11-9-19-15(2)25-27-16(19)3/h5-8,10,12-14H,9,11H2,1-4H3,(H2,21,22,24). The first-order chi connectivity index (χ1) is 13.1. The van der Waals surface area contributed by atoms with Crippen molar-refractivity contribution in [2.24, 2.45) is 4.99 Å². The van der Waals surface area contributed by atoms with Crippen LogP contribution in [0.4, 0.5) is 0 Å². The van der Waals surface area contributed by atoms with Crippen LogP contribution in [0.1, 0.15) is 35.5 Å². The molecular weight excluding hydrogens is 340 g/mol. The Kier molecular flexibility index (Phi) is 5.90. The molecule has 7 nitrogen and oxygen atoms in total. The van der Waals surface area contributed by atoms with Crippen molar-refractivity contribution in [3.8, 4) is 5.69 Å². The van der Waals surface area contributed by atoms with Gasteiger partial charge in [0.15, 0.2) is 5.96 Å². The van der Waals surface area contributed by atoms with E-state index in [-0.39, 0.29) is 6.04 Å². The van der Waals surface area contributed by atoms with E-state index in [2.05, 4.69) is 44.9 Å². The van der Waals surface area contributed by atoms with Gasteiger partial charge in [-0.3, -0.25) is 4.99 Å². The number of aromatic nitrogens is 3. The molecule has 0 aliphatic rings. The van der Waals surface area contributed by atoms with Gasteiger partial charge in [0.2, 0.25) is 0 Å². The maximum absolute atomic E-state index is 5.21. The highest BCUT2D eigenvalue weighted by atomic mass is 16.5. The molecule has 0 fully saturated rings. The number of guanidine groups is 1. The molecule has 2 N–H and O–H groups in total. The summed E-state index contributed by atoms with van der Waals surface area (Å²) < 4.78 is 7.07. The molecule has 2 aromatic heterocycles. The predicted octanol–water partition coefficient (Wildman–Crippen LogP) is 2.95. The molecule has 3 aromatic rings. The number of hydrogen-bond donors (Lipinski definition) is 2. The van der Waals surface area contributed by atoms with Crippen LogP contribution in [0, 0.1) is 13.8 Å². The van der Waals surface area contributed by atoms with Crippen LogP contribution in [0.25, 0.3) is 5.69 Å². The zero-order valence-corrected chi connectivity index (χ0v) is 16.2. The van der Waals surface area contributed by atoms with Crippen LogP contribution >= 0.6 is 0 Å². The molecular formula is C20H26N6O. The Morgan fingerprint density at radius 2 is 2.15 bits per heavy atom. The Morgan fingerprint density at radius 3 is 2.81 bits per heavy atom. The van der Waals surface area contributed by atoms with Gasteiger partial charge < -0.3 is 15.2 Å². The molecule has 0 spiro atoms. The van der Waals surface area contributed by atoms with Crippen LogP contribution in [0.2, 0.25) is 0 Å². The maximum Gasteiger partial charge on any atom is 0.191 e. The average molecular weight is 366 g/mol. The highest BCUT2D eigenvalue weighted by Crippen LogP contribution is 2.16. The number of aryl methyl sites for hydroxylation is 2. The minimum absolute atomic E-state index is 0.103. The summed E-state index contributed by atoms with van der Waals surface area (Å²) in [5.41, 5.74) is 4.29. The number of nitrogens with zero attached hydrogens (tertiary/aromatic N) is 4. The molecule has 1 atom stereocenters. The third kappa shape index (κ3) is 4.55. The second-order valence-corrected chi connectivity index (χ2v) is 6.46. The summed E-state index contributed by atoms with van der Waals surface area (Å²) in [6.45, 7) is 6.77. The van der Waals surface area contributed by atoms with Crippen LogP contribution in [-0.2, 0) is 6.42 Å². The summed E-state index contributed by atoms with van der Waals surface area (Å²) in [5.74, 6) is 1.64. The van der Waals surface area contributed by atoms with Gasteiger partial charge in [0, 0.05) is 31.5 Å². The molecule has 0 bridgehead atoms. The van der Waals surface area contributed by atoms with E-state index < -0.39 is 0 Å². The van der Waals surface area contributed by atoms with Crippen LogP contribution in [-0.4, -0.2) is 34.5 Å². The van der Waals surface area contributed by atoms with E-state index in [1.807, 2.05) is 42.9 Å². The monoisotopic (exact) mass is 366 g/mol. The number of hydrogen-bond acceptors (Lipinski definition) is 4. The highest BCUT2D eigenvalue weighted by molar-refractivity contribution is 5.80. The van der Waals surface area contributed by atoms with Crippen molar-refractivity contribution in [1.82, 2.24) is 25.6 Å². The third-order valence-corrected chi connectivity index (χ3v) is 4.56. The first-order valence-electron chi connectivity index (χ1n) is 9.07. The van der Waals surface area contributed by atoms with Gasteiger partial charge in [0.05, 0.1) is 17.4 Å². The lowest BCUT2D eigenvalue weighted by molar-refractivity contribution is 0.392. The van der Waals surface area contributed by atoms with E-state index in [0.717, 1.165) is 47.2 Å². The maximum atomic E-state index is 5.21. The molecule has 1 aromatic carbocycles. The van der Waals surface area contributed by atoms with E-state index in [1.54, 1.807) is 13.2 Å². The molecule has 2 heterocycles. The molecule has 0 saturated carbocycles. The number of nitrogens with one attached hydrogen (secondary N) is 2. The zero-order valence-electron chi connectivity index (χ0n) is 16.2. The van der Waals surface area contributed by atoms with Gasteiger partial charge in [-0.25, -0.2) is 4.68 Å². The summed E-state index contributed by atoms with van der Waals surface area (Å²) in [6.07, 6.45) is 4.55. The molecule has 142 valence electrons. The normalized spacial score (nSPS) is 12.8. The van der Waals surface area contributed by atoms with Crippen molar-refractivity contribution in [3.63, 3.8) is 0 Å². The molecule has 3 rings (SSSR count). The van der Waals surface area contributed by atoms with E-state index in [0.29, 0.717) is 0 Å². The SMILES string of the molecule is CN=C(NCCc1c(C)noc1C)NC(C)c1cccc(-n2cccn2)c1. The zero-order chi connectivity index (χ0) is 19.2. The van der Waals surface area contributed by atoms with Crippen molar-refractivity contribution in [1.29, 1.82) is 0 Å². The fraction of sp³-hybridized carbons (Fsp3) is 0.350. The Labute approximate surface area is 159 Å². The quantitative estimate of drug-likeness (QED) is 0.518. The average Bonchev–Trinajstić information content (AvgIpc) is 3.32. The Hall–Kier alpha value is -3.09. The number of aliphatic imine (C=N–C) groups is 1. The molecule has 1 unspecified atom stereocenters. The lowest BCUT2D eigenvalue weighted by atomic mass is 10.1. The summed E-state index contributed by atoms with van der Waals surface area (Å²) in [4.78, 5) is 4.33. The fourth-order valence-corrected chi connectivity index (χ4v) is 3.01. The Morgan fingerprint density at radius 1 is 1.30 bits per heavy atom. The lowest BCUT2D eigenvalue weighted by Crippen LogP contribution is -2.39. The molecule has 0 radical (unpaired) electrons. The van der Waals surface area contributed by atoms with Crippen molar-refractivity contribution in [2.45, 2.75) is 33.2 Å². The van der Waals surface area contributed by atoms with E-state index in [4.69, 9.17) is 4.52 Å². The van der Waals surface area contributed by atoms with Gasteiger partial charge in [-0.2, -0.15) is 5.10 Å². The van der Waals surface area contributed by atoms with Crippen molar-refractivity contribution >= 4 is 5.96 Å². The molecule has 0 aliphatic heterocycles. The first-order valence-corrected chi connectivity index (χ1v) is 9.07. The largest absolute Gasteiger partial charge is 0.361 e. The number of benzene rings is 1. The van der Waals surface area contributed by atoms with E-state index >= 15 is 0 Å². The van der Waals surface area contributed by atoms with E-state index in [1.165, 1.54) is 0 Å².